The van der Waals surface area contributed by atoms with Gasteiger partial charge in [-0.2, -0.15) is 0 Å². The molecule has 0 saturated carbocycles. The van der Waals surface area contributed by atoms with Crippen LogP contribution in [0.1, 0.15) is 23.1 Å². The average Bonchev–Trinajstić information content (AvgIpc) is 2.93. The van der Waals surface area contributed by atoms with Gasteiger partial charge in [0, 0.05) is 13.0 Å². The molecule has 1 aliphatic rings. The predicted octanol–water partition coefficient (Wildman–Crippen LogP) is 1.51. The molecule has 1 aromatic carbocycles. The van der Waals surface area contributed by atoms with E-state index >= 15 is 0 Å². The Morgan fingerprint density at radius 3 is 2.83 bits per heavy atom. The zero-order valence-electron chi connectivity index (χ0n) is 10.0. The normalized spacial score (nSPS) is 12.8. The molecule has 92 valence electrons. The molecule has 0 N–H and O–H groups in total. The fraction of sp³-hybridized carbons (Fsp3) is 0.250. The highest BCUT2D eigenvalue weighted by Crippen LogP contribution is 2.33. The predicted molar refractivity (Wildman–Crippen MR) is 62.2 cm³/mol. The van der Waals surface area contributed by atoms with E-state index < -0.39 is 0 Å². The number of hydrogen-bond donors (Lipinski definition) is 0. The second kappa shape index (κ2) is 3.83. The Bertz CT molecular complexity index is 633. The lowest BCUT2D eigenvalue weighted by Gasteiger charge is -2.04. The molecule has 0 atom stereocenters. The summed E-state index contributed by atoms with van der Waals surface area (Å²) >= 11 is 0. The molecule has 18 heavy (non-hydrogen) atoms. The van der Waals surface area contributed by atoms with Crippen LogP contribution in [0.15, 0.2) is 18.2 Å². The molecule has 0 saturated heterocycles. The number of hydrogen-bond acceptors (Lipinski definition) is 5. The summed E-state index contributed by atoms with van der Waals surface area (Å²) < 4.78 is 12.2. The van der Waals surface area contributed by atoms with Crippen LogP contribution in [0.25, 0.3) is 5.69 Å². The summed E-state index contributed by atoms with van der Waals surface area (Å²) in [6.45, 7) is 3.51. The van der Waals surface area contributed by atoms with Crippen molar-refractivity contribution in [2.45, 2.75) is 13.8 Å². The molecule has 0 aliphatic carbocycles. The van der Waals surface area contributed by atoms with Crippen molar-refractivity contribution >= 4 is 5.78 Å². The molecule has 1 aliphatic heterocycles. The van der Waals surface area contributed by atoms with E-state index in [0.29, 0.717) is 22.9 Å². The first kappa shape index (κ1) is 10.8. The fourth-order valence-corrected chi connectivity index (χ4v) is 1.92. The first-order chi connectivity index (χ1) is 8.66. The number of fused-ring (bicyclic) bond motifs is 1. The number of aromatic nitrogens is 3. The highest BCUT2D eigenvalue weighted by molar-refractivity contribution is 5.93. The number of carbonyl (C=O) groups excluding carboxylic acids is 1. The summed E-state index contributed by atoms with van der Waals surface area (Å²) in [4.78, 5) is 11.3. The largest absolute Gasteiger partial charge is 0.454 e. The van der Waals surface area contributed by atoms with Crippen molar-refractivity contribution in [1.29, 1.82) is 0 Å². The van der Waals surface area contributed by atoms with Crippen molar-refractivity contribution in [1.82, 2.24) is 15.0 Å². The van der Waals surface area contributed by atoms with Crippen LogP contribution in [-0.4, -0.2) is 27.6 Å². The van der Waals surface area contributed by atoms with Gasteiger partial charge >= 0.3 is 0 Å². The molecular formula is C12H11N3O3. The Balaban J connectivity index is 2.07. The topological polar surface area (TPSA) is 66.2 Å². The average molecular weight is 245 g/mol. The minimum absolute atomic E-state index is 0.0977. The maximum absolute atomic E-state index is 11.3. The summed E-state index contributed by atoms with van der Waals surface area (Å²) in [6.07, 6.45) is 0. The van der Waals surface area contributed by atoms with E-state index in [1.807, 2.05) is 18.2 Å². The summed E-state index contributed by atoms with van der Waals surface area (Å²) in [6, 6.07) is 5.47. The minimum atomic E-state index is -0.0977. The highest BCUT2D eigenvalue weighted by Gasteiger charge is 2.17. The van der Waals surface area contributed by atoms with Gasteiger partial charge < -0.3 is 9.47 Å². The lowest BCUT2D eigenvalue weighted by molar-refractivity contribution is 0.101. The number of ketones is 1. The van der Waals surface area contributed by atoms with Gasteiger partial charge in [-0.05, 0) is 19.1 Å². The van der Waals surface area contributed by atoms with Crippen LogP contribution in [0, 0.1) is 6.92 Å². The van der Waals surface area contributed by atoms with E-state index in [-0.39, 0.29) is 12.6 Å². The third-order valence-electron chi connectivity index (χ3n) is 2.83. The quantitative estimate of drug-likeness (QED) is 0.750. The molecule has 0 fully saturated rings. The van der Waals surface area contributed by atoms with Crippen LogP contribution < -0.4 is 9.47 Å². The molecule has 0 amide bonds. The third-order valence-corrected chi connectivity index (χ3v) is 2.83. The van der Waals surface area contributed by atoms with Crippen molar-refractivity contribution < 1.29 is 14.3 Å². The Labute approximate surface area is 103 Å². The van der Waals surface area contributed by atoms with Gasteiger partial charge in [0.15, 0.2) is 23.0 Å². The molecule has 6 heteroatoms. The van der Waals surface area contributed by atoms with E-state index in [0.717, 1.165) is 5.69 Å². The second-order valence-electron chi connectivity index (χ2n) is 4.03. The molecule has 0 unspecified atom stereocenters. The van der Waals surface area contributed by atoms with Gasteiger partial charge in [-0.25, -0.2) is 4.68 Å². The van der Waals surface area contributed by atoms with Crippen LogP contribution in [0.3, 0.4) is 0 Å². The second-order valence-corrected chi connectivity index (χ2v) is 4.03. The smallest absolute Gasteiger partial charge is 0.231 e. The Morgan fingerprint density at radius 2 is 2.11 bits per heavy atom. The van der Waals surface area contributed by atoms with Crippen molar-refractivity contribution in [2.75, 3.05) is 6.79 Å². The highest BCUT2D eigenvalue weighted by atomic mass is 16.7. The lowest BCUT2D eigenvalue weighted by atomic mass is 10.2. The van der Waals surface area contributed by atoms with E-state index in [1.54, 1.807) is 11.6 Å². The van der Waals surface area contributed by atoms with E-state index in [2.05, 4.69) is 10.3 Å². The molecule has 0 spiro atoms. The number of nitrogens with zero attached hydrogens (tertiary/aromatic N) is 3. The maximum atomic E-state index is 11.3. The zero-order valence-corrected chi connectivity index (χ0v) is 10.0. The molecule has 3 rings (SSSR count). The standard InChI is InChI=1S/C12H11N3O3/c1-7-12(8(2)16)13-14-15(7)9-3-4-10-11(5-9)18-6-17-10/h3-5H,6H2,1-2H3. The Morgan fingerprint density at radius 1 is 1.33 bits per heavy atom. The van der Waals surface area contributed by atoms with E-state index in [1.165, 1.54) is 6.92 Å². The van der Waals surface area contributed by atoms with Gasteiger partial charge in [0.05, 0.1) is 11.4 Å². The van der Waals surface area contributed by atoms with Crippen molar-refractivity contribution in [2.24, 2.45) is 0 Å². The zero-order chi connectivity index (χ0) is 12.7. The minimum Gasteiger partial charge on any atom is -0.454 e. The van der Waals surface area contributed by atoms with Gasteiger partial charge in [-0.15, -0.1) is 5.10 Å². The number of rotatable bonds is 2. The van der Waals surface area contributed by atoms with Crippen LogP contribution in [0.4, 0.5) is 0 Å². The van der Waals surface area contributed by atoms with E-state index in [9.17, 15) is 4.79 Å². The van der Waals surface area contributed by atoms with Gasteiger partial charge in [0.2, 0.25) is 6.79 Å². The number of ether oxygens (including phenoxy) is 2. The summed E-state index contributed by atoms with van der Waals surface area (Å²) in [5, 5.41) is 7.86. The molecule has 2 heterocycles. The molecule has 2 aromatic rings. The molecule has 0 bridgehead atoms. The fourth-order valence-electron chi connectivity index (χ4n) is 1.92. The van der Waals surface area contributed by atoms with Crippen molar-refractivity contribution in [3.63, 3.8) is 0 Å². The lowest BCUT2D eigenvalue weighted by Crippen LogP contribution is -2.01. The van der Waals surface area contributed by atoms with Crippen LogP contribution in [-0.2, 0) is 0 Å². The molecule has 1 aromatic heterocycles. The van der Waals surface area contributed by atoms with Crippen LogP contribution >= 0.6 is 0 Å². The Hall–Kier alpha value is -2.37. The van der Waals surface area contributed by atoms with Gasteiger partial charge in [-0.3, -0.25) is 4.79 Å². The van der Waals surface area contributed by atoms with Gasteiger partial charge in [0.25, 0.3) is 0 Å². The van der Waals surface area contributed by atoms with Crippen LogP contribution in [0.2, 0.25) is 0 Å². The van der Waals surface area contributed by atoms with Crippen molar-refractivity contribution in [3.05, 3.63) is 29.6 Å². The molecule has 6 nitrogen and oxygen atoms in total. The monoisotopic (exact) mass is 245 g/mol. The van der Waals surface area contributed by atoms with Crippen LogP contribution in [0.5, 0.6) is 11.5 Å². The van der Waals surface area contributed by atoms with Gasteiger partial charge in [-0.1, -0.05) is 5.21 Å². The summed E-state index contributed by atoms with van der Waals surface area (Å²) in [7, 11) is 0. The van der Waals surface area contributed by atoms with Gasteiger partial charge in [0.1, 0.15) is 0 Å². The summed E-state index contributed by atoms with van der Waals surface area (Å²) in [5.74, 6) is 1.29. The number of benzene rings is 1. The first-order valence-electron chi connectivity index (χ1n) is 5.50. The van der Waals surface area contributed by atoms with Crippen molar-refractivity contribution in [3.8, 4) is 17.2 Å². The molecular weight excluding hydrogens is 234 g/mol. The maximum Gasteiger partial charge on any atom is 0.231 e. The first-order valence-corrected chi connectivity index (χ1v) is 5.50. The third kappa shape index (κ3) is 1.54. The Kier molecular flexibility index (Phi) is 2.29. The number of Topliss-reactive ketones (excluding diaryl/α,β-unsaturated/α-hetero) is 1. The molecule has 0 radical (unpaired) electrons. The SMILES string of the molecule is CC(=O)c1nnn(-c2ccc3c(c2)OCO3)c1C. The number of carbonyl (C=O) groups is 1. The summed E-state index contributed by atoms with van der Waals surface area (Å²) in [5.41, 5.74) is 1.88. The van der Waals surface area contributed by atoms with E-state index in [4.69, 9.17) is 9.47 Å².